The number of aliphatic hydroxyl groups is 1. The molecular weight excluding hydrogens is 453 g/mol. The number of aromatic amines is 1. The van der Waals surface area contributed by atoms with Crippen LogP contribution in [0.5, 0.6) is 5.75 Å². The van der Waals surface area contributed by atoms with Crippen LogP contribution in [0.4, 0.5) is 8.78 Å². The van der Waals surface area contributed by atoms with Crippen LogP contribution >= 0.6 is 19.4 Å². The van der Waals surface area contributed by atoms with E-state index in [9.17, 15) is 23.7 Å². The molecule has 1 fully saturated rings. The Bertz CT molecular complexity index is 1300. The second-order valence-electron chi connectivity index (χ2n) is 6.25. The highest BCUT2D eigenvalue weighted by Crippen LogP contribution is 2.55. The van der Waals surface area contributed by atoms with Crippen molar-refractivity contribution in [2.75, 3.05) is 6.56 Å². The molecule has 30 heavy (non-hydrogen) atoms. The van der Waals surface area contributed by atoms with Crippen molar-refractivity contribution < 1.29 is 40.9 Å². The summed E-state index contributed by atoms with van der Waals surface area (Å²) in [6.45, 7) is -4.18. The maximum atomic E-state index is 15.6. The SMILES string of the molecule is [2H]C([2H])(OP1(=O)OCc2cc(F)ccc2O1)[C@]1(F)C[C@@H](O)[C@]([2H])(n2cc(Cl)c(=O)[nH]c2=O)O1. The summed E-state index contributed by atoms with van der Waals surface area (Å²) in [5, 5.41) is 9.67. The number of benzene rings is 1. The Labute approximate surface area is 175 Å². The van der Waals surface area contributed by atoms with E-state index >= 15 is 4.39 Å². The number of fused-ring (bicyclic) bond motifs is 1. The maximum absolute atomic E-state index is 15.6. The van der Waals surface area contributed by atoms with E-state index in [0.29, 0.717) is 6.20 Å². The molecule has 1 aromatic heterocycles. The number of alkyl halides is 1. The standard InChI is InChI=1S/C16H14ClF2N2O8P/c17-10-5-21(15(24)20-13(10)23)14-11(22)4-16(19,28-14)7-27-30(25)26-6-8-3-9(18)1-2-12(8)29-30/h1-3,5,11,14,22H,4,6-7H2,(H,20,23,24)/t11-,14-,16+,30?/m1/s1/i7D2,14D. The van der Waals surface area contributed by atoms with Crippen LogP contribution in [0, 0.1) is 5.82 Å². The number of aliphatic hydroxyl groups excluding tert-OH is 1. The zero-order valence-electron chi connectivity index (χ0n) is 17.6. The van der Waals surface area contributed by atoms with Crippen LogP contribution in [-0.2, 0) is 25.0 Å². The first-order valence-electron chi connectivity index (χ1n) is 9.71. The zero-order valence-corrected chi connectivity index (χ0v) is 16.3. The number of phosphoric acid groups is 1. The van der Waals surface area contributed by atoms with Crippen LogP contribution in [0.15, 0.2) is 34.0 Å². The van der Waals surface area contributed by atoms with Gasteiger partial charge in [0.1, 0.15) is 29.3 Å². The van der Waals surface area contributed by atoms with Gasteiger partial charge in [-0.05, 0) is 18.2 Å². The Morgan fingerprint density at radius 3 is 3.07 bits per heavy atom. The average Bonchev–Trinajstić information content (AvgIpc) is 2.95. The van der Waals surface area contributed by atoms with Gasteiger partial charge < -0.3 is 14.4 Å². The molecule has 1 aromatic carbocycles. The highest BCUT2D eigenvalue weighted by Gasteiger charge is 2.50. The minimum atomic E-state index is -4.83. The fraction of sp³-hybridized carbons (Fsp3) is 0.375. The normalized spacial score (nSPS) is 35.1. The van der Waals surface area contributed by atoms with Crippen molar-refractivity contribution in [1.29, 1.82) is 0 Å². The lowest BCUT2D eigenvalue weighted by molar-refractivity contribution is -0.179. The summed E-state index contributed by atoms with van der Waals surface area (Å²) in [5.74, 6) is -4.47. The van der Waals surface area contributed by atoms with Gasteiger partial charge in [0.25, 0.3) is 5.56 Å². The molecule has 2 aromatic rings. The first-order chi connectivity index (χ1) is 15.2. The molecule has 0 aliphatic carbocycles. The molecule has 10 nitrogen and oxygen atoms in total. The van der Waals surface area contributed by atoms with Crippen LogP contribution in [0.3, 0.4) is 0 Å². The lowest BCUT2D eigenvalue weighted by Gasteiger charge is -2.27. The molecule has 162 valence electrons. The fourth-order valence-electron chi connectivity index (χ4n) is 2.71. The number of aromatic nitrogens is 2. The van der Waals surface area contributed by atoms with E-state index in [1.807, 2.05) is 0 Å². The predicted octanol–water partition coefficient (Wildman–Crippen LogP) is 2.01. The third kappa shape index (κ3) is 4.07. The van der Waals surface area contributed by atoms with Gasteiger partial charge >= 0.3 is 13.5 Å². The number of hydrogen-bond donors (Lipinski definition) is 2. The number of ether oxygens (including phenoxy) is 1. The monoisotopic (exact) mass is 469 g/mol. The number of H-pyrrole nitrogens is 1. The van der Waals surface area contributed by atoms with Crippen LogP contribution in [0.25, 0.3) is 0 Å². The number of hydrogen-bond acceptors (Lipinski definition) is 8. The molecule has 1 unspecified atom stereocenters. The van der Waals surface area contributed by atoms with Crippen molar-refractivity contribution in [3.05, 3.63) is 61.6 Å². The Balaban J connectivity index is 1.63. The average molecular weight is 470 g/mol. The summed E-state index contributed by atoms with van der Waals surface area (Å²) in [7, 11) is -4.83. The lowest BCUT2D eigenvalue weighted by Crippen LogP contribution is -2.36. The number of nitrogens with one attached hydrogen (secondary N) is 1. The minimum absolute atomic E-state index is 0.132. The summed E-state index contributed by atoms with van der Waals surface area (Å²) in [4.78, 5) is 25.3. The summed E-state index contributed by atoms with van der Waals surface area (Å²) >= 11 is 5.62. The van der Waals surface area contributed by atoms with E-state index in [0.717, 1.165) is 18.2 Å². The van der Waals surface area contributed by atoms with Gasteiger partial charge in [-0.2, -0.15) is 0 Å². The third-order valence-corrected chi connectivity index (χ3v) is 5.51. The number of phosphoric ester groups is 1. The van der Waals surface area contributed by atoms with E-state index in [1.165, 1.54) is 0 Å². The molecule has 0 spiro atoms. The van der Waals surface area contributed by atoms with Crippen LogP contribution in [0.1, 0.15) is 22.3 Å². The molecule has 0 saturated carbocycles. The molecule has 0 radical (unpaired) electrons. The van der Waals surface area contributed by atoms with Gasteiger partial charge in [-0.15, -0.1) is 0 Å². The maximum Gasteiger partial charge on any atom is 0.530 e. The first kappa shape index (κ1) is 17.6. The Morgan fingerprint density at radius 1 is 1.53 bits per heavy atom. The summed E-state index contributed by atoms with van der Waals surface area (Å²) in [6, 6.07) is 3.07. The van der Waals surface area contributed by atoms with Crippen molar-refractivity contribution in [3.8, 4) is 5.75 Å². The van der Waals surface area contributed by atoms with Crippen LogP contribution < -0.4 is 15.8 Å². The Hall–Kier alpha value is -2.08. The number of rotatable bonds is 4. The molecule has 0 amide bonds. The predicted molar refractivity (Wildman–Crippen MR) is 96.3 cm³/mol. The molecule has 2 N–H and O–H groups in total. The second-order valence-corrected chi connectivity index (χ2v) is 8.18. The fourth-order valence-corrected chi connectivity index (χ4v) is 3.96. The first-order valence-corrected chi connectivity index (χ1v) is 10.0. The van der Waals surface area contributed by atoms with Gasteiger partial charge in [0.2, 0.25) is 5.85 Å². The summed E-state index contributed by atoms with van der Waals surface area (Å²) in [5.41, 5.74) is -2.20. The van der Waals surface area contributed by atoms with E-state index in [4.69, 9.17) is 29.5 Å². The van der Waals surface area contributed by atoms with Gasteiger partial charge in [0.05, 0.1) is 10.7 Å². The van der Waals surface area contributed by atoms with Crippen molar-refractivity contribution in [2.45, 2.75) is 31.2 Å². The molecule has 3 heterocycles. The molecule has 0 bridgehead atoms. The van der Waals surface area contributed by atoms with Gasteiger partial charge in [-0.1, -0.05) is 11.6 Å². The van der Waals surface area contributed by atoms with Crippen molar-refractivity contribution in [2.24, 2.45) is 0 Å². The van der Waals surface area contributed by atoms with Crippen molar-refractivity contribution in [1.82, 2.24) is 9.55 Å². The van der Waals surface area contributed by atoms with E-state index in [-0.39, 0.29) is 15.9 Å². The topological polar surface area (TPSA) is 129 Å². The van der Waals surface area contributed by atoms with Crippen molar-refractivity contribution >= 4 is 19.4 Å². The Kier molecular flexibility index (Phi) is 4.43. The molecule has 4 rings (SSSR count). The summed E-state index contributed by atoms with van der Waals surface area (Å²) in [6.07, 6.45) is -5.84. The lowest BCUT2D eigenvalue weighted by atomic mass is 10.2. The smallest absolute Gasteiger partial charge is 0.404 e. The molecule has 2 aliphatic heterocycles. The Morgan fingerprint density at radius 2 is 2.30 bits per heavy atom. The van der Waals surface area contributed by atoms with E-state index in [1.54, 1.807) is 4.98 Å². The molecule has 1 saturated heterocycles. The third-order valence-electron chi connectivity index (χ3n) is 4.06. The summed E-state index contributed by atoms with van der Waals surface area (Å²) < 4.78 is 85.4. The molecular formula is C16H14ClF2N2O8P. The highest BCUT2D eigenvalue weighted by molar-refractivity contribution is 7.49. The molecule has 2 aliphatic rings. The van der Waals surface area contributed by atoms with Gasteiger partial charge in [-0.3, -0.25) is 23.4 Å². The van der Waals surface area contributed by atoms with Crippen LogP contribution in [-0.4, -0.2) is 33.2 Å². The van der Waals surface area contributed by atoms with Gasteiger partial charge in [0, 0.05) is 18.2 Å². The van der Waals surface area contributed by atoms with Gasteiger partial charge in [0.15, 0.2) is 6.20 Å². The van der Waals surface area contributed by atoms with Crippen LogP contribution in [0.2, 0.25) is 5.02 Å². The second kappa shape index (κ2) is 7.56. The zero-order chi connectivity index (χ0) is 24.4. The van der Waals surface area contributed by atoms with E-state index in [2.05, 4.69) is 4.52 Å². The number of nitrogens with zero attached hydrogens (tertiary/aromatic N) is 1. The molecule has 4 atom stereocenters. The van der Waals surface area contributed by atoms with Crippen molar-refractivity contribution in [3.63, 3.8) is 0 Å². The quantitative estimate of drug-likeness (QED) is 0.651. The molecule has 14 heteroatoms. The van der Waals surface area contributed by atoms with E-state index < -0.39 is 67.7 Å². The largest absolute Gasteiger partial charge is 0.530 e. The minimum Gasteiger partial charge on any atom is -0.404 e. The number of halogens is 3. The highest BCUT2D eigenvalue weighted by atomic mass is 35.5. The van der Waals surface area contributed by atoms with Gasteiger partial charge in [-0.25, -0.2) is 18.1 Å².